The first kappa shape index (κ1) is 21.2. The highest BCUT2D eigenvalue weighted by molar-refractivity contribution is 6.00. The van der Waals surface area contributed by atoms with Gasteiger partial charge in [0.1, 0.15) is 17.2 Å². The van der Waals surface area contributed by atoms with Gasteiger partial charge < -0.3 is 19.5 Å². The van der Waals surface area contributed by atoms with Gasteiger partial charge in [0.2, 0.25) is 11.8 Å². The highest BCUT2D eigenvalue weighted by Crippen LogP contribution is 2.41. The SMILES string of the molecule is COc1nc(NC(=O)OC(C)(C)C)nc2c1C(=O)N([C@H]1[C@@H](O)CCCC1(F)F)C2. The van der Waals surface area contributed by atoms with Gasteiger partial charge in [-0.05, 0) is 33.6 Å². The quantitative estimate of drug-likeness (QED) is 0.780. The number of ether oxygens (including phenoxy) is 2. The molecule has 1 saturated carbocycles. The normalized spacial score (nSPS) is 23.6. The van der Waals surface area contributed by atoms with Gasteiger partial charge in [0.15, 0.2) is 0 Å². The molecule has 2 heterocycles. The largest absolute Gasteiger partial charge is 0.480 e. The van der Waals surface area contributed by atoms with Gasteiger partial charge in [-0.2, -0.15) is 4.98 Å². The number of carbonyl (C=O) groups excluding carboxylic acids is 2. The van der Waals surface area contributed by atoms with E-state index < -0.39 is 42.1 Å². The van der Waals surface area contributed by atoms with E-state index in [4.69, 9.17) is 9.47 Å². The van der Waals surface area contributed by atoms with E-state index in [2.05, 4.69) is 15.3 Å². The molecule has 160 valence electrons. The van der Waals surface area contributed by atoms with Crippen LogP contribution in [0, 0.1) is 0 Å². The number of aliphatic hydroxyl groups excluding tert-OH is 1. The van der Waals surface area contributed by atoms with Gasteiger partial charge in [0, 0.05) is 6.42 Å². The van der Waals surface area contributed by atoms with Crippen molar-refractivity contribution in [1.82, 2.24) is 14.9 Å². The number of nitrogens with one attached hydrogen (secondary N) is 1. The lowest BCUT2D eigenvalue weighted by molar-refractivity contribution is -0.140. The average molecular weight is 414 g/mol. The highest BCUT2D eigenvalue weighted by Gasteiger charge is 2.53. The number of aliphatic hydroxyl groups is 1. The number of carbonyl (C=O) groups is 2. The van der Waals surface area contributed by atoms with Crippen molar-refractivity contribution >= 4 is 17.9 Å². The minimum absolute atomic E-state index is 0.0594. The molecule has 0 radical (unpaired) electrons. The van der Waals surface area contributed by atoms with Crippen LogP contribution in [-0.4, -0.2) is 62.8 Å². The zero-order valence-corrected chi connectivity index (χ0v) is 16.7. The van der Waals surface area contributed by atoms with E-state index in [-0.39, 0.29) is 42.5 Å². The van der Waals surface area contributed by atoms with Gasteiger partial charge in [-0.15, -0.1) is 0 Å². The first-order chi connectivity index (χ1) is 13.4. The molecular weight excluding hydrogens is 390 g/mol. The lowest BCUT2D eigenvalue weighted by Gasteiger charge is -2.40. The number of anilines is 1. The van der Waals surface area contributed by atoms with Crippen LogP contribution in [0.3, 0.4) is 0 Å². The number of nitrogens with zero attached hydrogens (tertiary/aromatic N) is 3. The van der Waals surface area contributed by atoms with Crippen LogP contribution >= 0.6 is 0 Å². The molecule has 9 nitrogen and oxygen atoms in total. The minimum Gasteiger partial charge on any atom is -0.480 e. The molecule has 1 fully saturated rings. The average Bonchev–Trinajstić information content (AvgIpc) is 2.88. The molecule has 11 heteroatoms. The Morgan fingerprint density at radius 3 is 2.62 bits per heavy atom. The van der Waals surface area contributed by atoms with Crippen molar-refractivity contribution in [3.05, 3.63) is 11.3 Å². The van der Waals surface area contributed by atoms with Crippen molar-refractivity contribution in [1.29, 1.82) is 0 Å². The van der Waals surface area contributed by atoms with Crippen molar-refractivity contribution in [2.45, 2.75) is 70.2 Å². The molecule has 2 amide bonds. The van der Waals surface area contributed by atoms with Crippen LogP contribution in [0.2, 0.25) is 0 Å². The third-order valence-electron chi connectivity index (χ3n) is 4.69. The van der Waals surface area contributed by atoms with E-state index >= 15 is 0 Å². The van der Waals surface area contributed by atoms with E-state index in [1.54, 1.807) is 20.8 Å². The minimum atomic E-state index is -3.23. The summed E-state index contributed by atoms with van der Waals surface area (Å²) in [6.45, 7) is 4.79. The third-order valence-corrected chi connectivity index (χ3v) is 4.69. The summed E-state index contributed by atoms with van der Waals surface area (Å²) in [5.74, 6) is -4.30. The predicted molar refractivity (Wildman–Crippen MR) is 96.9 cm³/mol. The molecule has 1 aromatic heterocycles. The number of alkyl halides is 2. The predicted octanol–water partition coefficient (Wildman–Crippen LogP) is 2.34. The summed E-state index contributed by atoms with van der Waals surface area (Å²) in [6, 6.07) is -1.66. The summed E-state index contributed by atoms with van der Waals surface area (Å²) in [5.41, 5.74) is -0.683. The molecule has 0 saturated heterocycles. The molecule has 0 spiro atoms. The zero-order chi connectivity index (χ0) is 21.6. The topological polar surface area (TPSA) is 114 Å². The van der Waals surface area contributed by atoms with Crippen LogP contribution in [0.1, 0.15) is 56.1 Å². The molecule has 3 rings (SSSR count). The van der Waals surface area contributed by atoms with Crippen LogP contribution in [-0.2, 0) is 11.3 Å². The number of fused-ring (bicyclic) bond motifs is 1. The Labute approximate surface area is 166 Å². The van der Waals surface area contributed by atoms with Gasteiger partial charge in [-0.3, -0.25) is 10.1 Å². The Morgan fingerprint density at radius 1 is 1.34 bits per heavy atom. The van der Waals surface area contributed by atoms with Crippen LogP contribution < -0.4 is 10.1 Å². The van der Waals surface area contributed by atoms with Gasteiger partial charge in [0.25, 0.3) is 11.8 Å². The van der Waals surface area contributed by atoms with E-state index in [0.717, 1.165) is 4.90 Å². The fourth-order valence-corrected chi connectivity index (χ4v) is 3.58. The summed E-state index contributed by atoms with van der Waals surface area (Å²) in [6.07, 6.45) is -2.23. The second-order valence-corrected chi connectivity index (χ2v) is 8.10. The Hall–Kier alpha value is -2.56. The van der Waals surface area contributed by atoms with E-state index in [9.17, 15) is 23.5 Å². The maximum atomic E-state index is 14.5. The molecule has 1 aliphatic heterocycles. The number of hydrogen-bond acceptors (Lipinski definition) is 7. The first-order valence-electron chi connectivity index (χ1n) is 9.24. The fourth-order valence-electron chi connectivity index (χ4n) is 3.58. The Bertz CT molecular complexity index is 827. The second-order valence-electron chi connectivity index (χ2n) is 8.10. The maximum absolute atomic E-state index is 14.5. The van der Waals surface area contributed by atoms with Crippen molar-refractivity contribution in [3.8, 4) is 5.88 Å². The summed E-state index contributed by atoms with van der Waals surface area (Å²) in [5, 5.41) is 12.5. The monoisotopic (exact) mass is 414 g/mol. The number of halogens is 2. The van der Waals surface area contributed by atoms with Crippen molar-refractivity contribution < 1.29 is 33.0 Å². The standard InChI is InChI=1S/C18H24F2N4O5/c1-17(2,3)29-16(27)23-15-21-9-8-24(14(26)11(9)13(22-15)28-4)12-10(25)6-5-7-18(12,19)20/h10,12,25H,5-8H2,1-4H3,(H,21,22,23,27)/t10-,12-/m0/s1. The Morgan fingerprint density at radius 2 is 2.03 bits per heavy atom. The summed E-state index contributed by atoms with van der Waals surface area (Å²) < 4.78 is 39.2. The maximum Gasteiger partial charge on any atom is 0.414 e. The van der Waals surface area contributed by atoms with Crippen molar-refractivity contribution in [2.75, 3.05) is 12.4 Å². The third kappa shape index (κ3) is 4.24. The molecule has 1 aliphatic carbocycles. The lowest BCUT2D eigenvalue weighted by atomic mass is 9.88. The first-order valence-corrected chi connectivity index (χ1v) is 9.24. The number of hydrogen-bond donors (Lipinski definition) is 2. The van der Waals surface area contributed by atoms with E-state index in [0.29, 0.717) is 0 Å². The highest BCUT2D eigenvalue weighted by atomic mass is 19.3. The van der Waals surface area contributed by atoms with Gasteiger partial charge in [-0.25, -0.2) is 18.6 Å². The smallest absolute Gasteiger partial charge is 0.414 e. The van der Waals surface area contributed by atoms with Gasteiger partial charge in [0.05, 0.1) is 25.5 Å². The second kappa shape index (κ2) is 7.36. The molecule has 0 bridgehead atoms. The molecule has 1 aromatic rings. The lowest BCUT2D eigenvalue weighted by Crippen LogP contribution is -2.56. The molecule has 0 unspecified atom stereocenters. The zero-order valence-electron chi connectivity index (χ0n) is 16.7. The van der Waals surface area contributed by atoms with Crippen molar-refractivity contribution in [3.63, 3.8) is 0 Å². The van der Waals surface area contributed by atoms with E-state index in [1.165, 1.54) is 7.11 Å². The van der Waals surface area contributed by atoms with Gasteiger partial charge in [-0.1, -0.05) is 0 Å². The summed E-state index contributed by atoms with van der Waals surface area (Å²) >= 11 is 0. The number of amides is 2. The molecular formula is C18H24F2N4O5. The molecule has 2 N–H and O–H groups in total. The number of aromatic nitrogens is 2. The molecule has 2 aliphatic rings. The fraction of sp³-hybridized carbons (Fsp3) is 0.667. The number of rotatable bonds is 3. The molecule has 2 atom stereocenters. The Kier molecular flexibility index (Phi) is 5.37. The Balaban J connectivity index is 1.89. The summed E-state index contributed by atoms with van der Waals surface area (Å²) in [4.78, 5) is 33.8. The molecule has 0 aromatic carbocycles. The van der Waals surface area contributed by atoms with Crippen molar-refractivity contribution in [2.24, 2.45) is 0 Å². The van der Waals surface area contributed by atoms with Gasteiger partial charge >= 0.3 is 6.09 Å². The summed E-state index contributed by atoms with van der Waals surface area (Å²) in [7, 11) is 1.26. The molecule has 29 heavy (non-hydrogen) atoms. The van der Waals surface area contributed by atoms with Crippen LogP contribution in [0.25, 0.3) is 0 Å². The number of methoxy groups -OCH3 is 1. The van der Waals surface area contributed by atoms with Crippen LogP contribution in [0.5, 0.6) is 5.88 Å². The van der Waals surface area contributed by atoms with Crippen LogP contribution in [0.15, 0.2) is 0 Å². The van der Waals surface area contributed by atoms with Crippen LogP contribution in [0.4, 0.5) is 19.5 Å². The van der Waals surface area contributed by atoms with E-state index in [1.807, 2.05) is 0 Å².